The normalized spacial score (nSPS) is 13.7. The third-order valence-corrected chi connectivity index (χ3v) is 18.5. The van der Waals surface area contributed by atoms with Crippen molar-refractivity contribution in [2.24, 2.45) is 0 Å². The minimum Gasteiger partial charge on any atom is -0.455 e. The molecule has 0 fully saturated rings. The Kier molecular flexibility index (Phi) is 78.5. The number of unbranched alkanes of at least 4 members (excludes halogenated alkanes) is 36. The summed E-state index contributed by atoms with van der Waals surface area (Å²) in [6.07, 6.45) is 91.7. The van der Waals surface area contributed by atoms with Gasteiger partial charge in [0, 0.05) is 39.3 Å². The standard InChI is InChI=1S/C90H164N2O8/c1-9-13-17-21-25-29-33-37-41-45-49-53-57-61-65-69-79-95-83-85(97-81-71-67-63-59-55-51-47-43-39-35-31-27-23-19-15-11-3)89(99-87(93)75-73-77-91(5)6)90(100-88(94)76-74-78-92(7)8)86(98-82-72-68-64-60-56-52-48-44-40-36-32-28-24-20-16-12-4)84-96-80-70-66-62-58-54-50-46-42-38-34-30-26-22-18-14-10-2/h25-32,37-44,85-86,89-90H,9-24,33-36,45-84H2,1-8H3/b29-25-,30-26-,31-27-,32-28-,41-37-,42-38-,43-39-,44-40-. The molecule has 0 heterocycles. The van der Waals surface area contributed by atoms with Gasteiger partial charge < -0.3 is 38.2 Å². The van der Waals surface area contributed by atoms with E-state index in [0.29, 0.717) is 39.3 Å². The zero-order valence-corrected chi connectivity index (χ0v) is 67.1. The van der Waals surface area contributed by atoms with Gasteiger partial charge in [0.25, 0.3) is 0 Å². The summed E-state index contributed by atoms with van der Waals surface area (Å²) in [5.41, 5.74) is 0. The molecule has 4 unspecified atom stereocenters. The molecule has 0 radical (unpaired) electrons. The Bertz CT molecular complexity index is 1800. The van der Waals surface area contributed by atoms with Gasteiger partial charge in [-0.15, -0.1) is 0 Å². The van der Waals surface area contributed by atoms with E-state index < -0.39 is 24.4 Å². The lowest BCUT2D eigenvalue weighted by Crippen LogP contribution is -2.54. The Morgan fingerprint density at radius 3 is 0.730 bits per heavy atom. The Morgan fingerprint density at radius 1 is 0.270 bits per heavy atom. The van der Waals surface area contributed by atoms with E-state index in [9.17, 15) is 9.59 Å². The average molecular weight is 1400 g/mol. The quantitative estimate of drug-likeness (QED) is 0.0333. The zero-order chi connectivity index (χ0) is 72.6. The lowest BCUT2D eigenvalue weighted by molar-refractivity contribution is -0.206. The van der Waals surface area contributed by atoms with E-state index in [1.165, 1.54) is 193 Å². The van der Waals surface area contributed by atoms with Gasteiger partial charge in [0.15, 0.2) is 12.2 Å². The molecule has 0 saturated carbocycles. The van der Waals surface area contributed by atoms with Crippen molar-refractivity contribution >= 4 is 11.9 Å². The van der Waals surface area contributed by atoms with Crippen molar-refractivity contribution in [3.05, 3.63) is 97.2 Å². The van der Waals surface area contributed by atoms with Crippen LogP contribution in [0.3, 0.4) is 0 Å². The highest BCUT2D eigenvalue weighted by molar-refractivity contribution is 5.71. The molecule has 0 rings (SSSR count). The van der Waals surface area contributed by atoms with Gasteiger partial charge in [-0.05, 0) is 208 Å². The first kappa shape index (κ1) is 96.6. The summed E-state index contributed by atoms with van der Waals surface area (Å²) in [6.45, 7) is 13.1. The molecule has 0 amide bonds. The topological polar surface area (TPSA) is 96.0 Å². The monoisotopic (exact) mass is 1400 g/mol. The highest BCUT2D eigenvalue weighted by Gasteiger charge is 2.42. The van der Waals surface area contributed by atoms with Crippen molar-refractivity contribution < 1.29 is 38.0 Å². The number of carbonyl (C=O) groups is 2. The maximum absolute atomic E-state index is 14.4. The molecule has 0 aromatic rings. The molecular weight excluding hydrogens is 1240 g/mol. The van der Waals surface area contributed by atoms with Gasteiger partial charge >= 0.3 is 11.9 Å². The minimum absolute atomic E-state index is 0.207. The number of allylic oxidation sites excluding steroid dienone is 16. The smallest absolute Gasteiger partial charge is 0.306 e. The highest BCUT2D eigenvalue weighted by atomic mass is 16.6. The van der Waals surface area contributed by atoms with E-state index in [4.69, 9.17) is 28.4 Å². The lowest BCUT2D eigenvalue weighted by atomic mass is 10.0. The Morgan fingerprint density at radius 2 is 0.490 bits per heavy atom. The number of hydrogen-bond acceptors (Lipinski definition) is 10. The summed E-state index contributed by atoms with van der Waals surface area (Å²) in [5, 5.41) is 0. The predicted octanol–water partition coefficient (Wildman–Crippen LogP) is 25.6. The third kappa shape index (κ3) is 73.0. The average Bonchev–Trinajstić information content (AvgIpc) is 0.836. The van der Waals surface area contributed by atoms with Gasteiger partial charge in [0.1, 0.15) is 12.2 Å². The molecule has 0 aliphatic heterocycles. The van der Waals surface area contributed by atoms with Crippen molar-refractivity contribution in [2.45, 2.75) is 386 Å². The van der Waals surface area contributed by atoms with Crippen molar-refractivity contribution in [3.8, 4) is 0 Å². The summed E-state index contributed by atoms with van der Waals surface area (Å²) in [7, 11) is 8.10. The van der Waals surface area contributed by atoms with Crippen LogP contribution in [0.2, 0.25) is 0 Å². The molecule has 0 aliphatic carbocycles. The van der Waals surface area contributed by atoms with E-state index in [2.05, 4.69) is 135 Å². The number of hydrogen-bond donors (Lipinski definition) is 0. The SMILES string of the molecule is CCCCC/C=C\C/C=C\CCCCCCCCOCC(OCCCCCCCC/C=C\C/C=C\CCCCC)C(OC(=O)CCCN(C)C)C(OC(=O)CCCN(C)C)C(COCCCCCCCC/C=C\C/C=C\CCCCC)OCCCCCCCC/C=C\C/C=C\CCCCC. The summed E-state index contributed by atoms with van der Waals surface area (Å²) < 4.78 is 40.6. The van der Waals surface area contributed by atoms with Gasteiger partial charge in [-0.25, -0.2) is 0 Å². The molecule has 0 bridgehead atoms. The fourth-order valence-corrected chi connectivity index (χ4v) is 12.1. The van der Waals surface area contributed by atoms with Gasteiger partial charge in [-0.1, -0.05) is 279 Å². The largest absolute Gasteiger partial charge is 0.455 e. The van der Waals surface area contributed by atoms with Crippen LogP contribution in [0.25, 0.3) is 0 Å². The molecule has 582 valence electrons. The van der Waals surface area contributed by atoms with E-state index >= 15 is 0 Å². The second kappa shape index (κ2) is 81.3. The molecule has 10 nitrogen and oxygen atoms in total. The fraction of sp³-hybridized carbons (Fsp3) is 0.800. The van der Waals surface area contributed by atoms with Crippen LogP contribution < -0.4 is 0 Å². The number of esters is 2. The van der Waals surface area contributed by atoms with Crippen molar-refractivity contribution in [2.75, 3.05) is 80.9 Å². The first-order valence-electron chi connectivity index (χ1n) is 42.5. The van der Waals surface area contributed by atoms with Crippen LogP contribution in [0.4, 0.5) is 0 Å². The predicted molar refractivity (Wildman–Crippen MR) is 434 cm³/mol. The fourth-order valence-electron chi connectivity index (χ4n) is 12.1. The van der Waals surface area contributed by atoms with Crippen LogP contribution in [0.1, 0.15) is 362 Å². The van der Waals surface area contributed by atoms with E-state index in [-0.39, 0.29) is 38.0 Å². The van der Waals surface area contributed by atoms with Crippen LogP contribution in [0, 0.1) is 0 Å². The summed E-state index contributed by atoms with van der Waals surface area (Å²) >= 11 is 0. The first-order chi connectivity index (χ1) is 49.2. The molecule has 100 heavy (non-hydrogen) atoms. The van der Waals surface area contributed by atoms with Crippen molar-refractivity contribution in [3.63, 3.8) is 0 Å². The van der Waals surface area contributed by atoms with Gasteiger partial charge in [0.2, 0.25) is 0 Å². The minimum atomic E-state index is -0.976. The van der Waals surface area contributed by atoms with Crippen LogP contribution >= 0.6 is 0 Å². The molecule has 10 heteroatoms. The van der Waals surface area contributed by atoms with Crippen LogP contribution in [-0.2, 0) is 38.0 Å². The maximum Gasteiger partial charge on any atom is 0.306 e. The van der Waals surface area contributed by atoms with Gasteiger partial charge in [-0.3, -0.25) is 9.59 Å². The number of carbonyl (C=O) groups excluding carboxylic acids is 2. The molecule has 0 saturated heterocycles. The molecule has 0 spiro atoms. The second-order valence-corrected chi connectivity index (χ2v) is 29.0. The Balaban J connectivity index is 6.62. The van der Waals surface area contributed by atoms with Crippen LogP contribution in [-0.4, -0.2) is 127 Å². The van der Waals surface area contributed by atoms with Crippen molar-refractivity contribution in [1.82, 2.24) is 9.80 Å². The Labute approximate surface area is 620 Å². The molecule has 0 N–H and O–H groups in total. The number of nitrogens with zero attached hydrogens (tertiary/aromatic N) is 2. The molecule has 0 aromatic carbocycles. The van der Waals surface area contributed by atoms with E-state index in [0.717, 1.165) is 129 Å². The van der Waals surface area contributed by atoms with E-state index in [1.807, 2.05) is 28.2 Å². The number of ether oxygens (including phenoxy) is 6. The summed E-state index contributed by atoms with van der Waals surface area (Å²) in [4.78, 5) is 32.9. The lowest BCUT2D eigenvalue weighted by Gasteiger charge is -2.37. The summed E-state index contributed by atoms with van der Waals surface area (Å²) in [5.74, 6) is -0.668. The second-order valence-electron chi connectivity index (χ2n) is 29.0. The molecule has 0 aliphatic rings. The molecule has 0 aromatic heterocycles. The van der Waals surface area contributed by atoms with Crippen LogP contribution in [0.15, 0.2) is 97.2 Å². The first-order valence-corrected chi connectivity index (χ1v) is 42.5. The summed E-state index contributed by atoms with van der Waals surface area (Å²) in [6, 6.07) is 0. The van der Waals surface area contributed by atoms with E-state index in [1.54, 1.807) is 0 Å². The van der Waals surface area contributed by atoms with Gasteiger partial charge in [0.05, 0.1) is 13.2 Å². The molecule has 4 atom stereocenters. The maximum atomic E-state index is 14.4. The molecular formula is C90H164N2O8. The Hall–Kier alpha value is -3.38. The number of rotatable bonds is 79. The van der Waals surface area contributed by atoms with Gasteiger partial charge in [-0.2, -0.15) is 0 Å². The van der Waals surface area contributed by atoms with Crippen molar-refractivity contribution in [1.29, 1.82) is 0 Å². The zero-order valence-electron chi connectivity index (χ0n) is 67.1. The third-order valence-electron chi connectivity index (χ3n) is 18.5. The van der Waals surface area contributed by atoms with Crippen LogP contribution in [0.5, 0.6) is 0 Å². The highest BCUT2D eigenvalue weighted by Crippen LogP contribution is 2.24.